The standard InChI is InChI=1S/C14H26BrN/c15-10-11-16(14-8-4-5-9-14)12-13-6-2-1-3-7-13/h13-14H,1-12H2. The van der Waals surface area contributed by atoms with Crippen molar-refractivity contribution in [2.45, 2.75) is 63.8 Å². The molecule has 2 heteroatoms. The van der Waals surface area contributed by atoms with Crippen LogP contribution in [0.2, 0.25) is 0 Å². The lowest BCUT2D eigenvalue weighted by Gasteiger charge is -2.33. The summed E-state index contributed by atoms with van der Waals surface area (Å²) in [4.78, 5) is 2.79. The predicted octanol–water partition coefficient (Wildman–Crippen LogP) is 4.21. The third kappa shape index (κ3) is 3.73. The van der Waals surface area contributed by atoms with Gasteiger partial charge < -0.3 is 0 Å². The van der Waals surface area contributed by atoms with Crippen molar-refractivity contribution in [1.82, 2.24) is 4.90 Å². The van der Waals surface area contributed by atoms with E-state index >= 15 is 0 Å². The monoisotopic (exact) mass is 287 g/mol. The van der Waals surface area contributed by atoms with Gasteiger partial charge in [0.25, 0.3) is 0 Å². The molecule has 1 nitrogen and oxygen atoms in total. The average molecular weight is 288 g/mol. The molecule has 0 atom stereocenters. The summed E-state index contributed by atoms with van der Waals surface area (Å²) in [5, 5.41) is 1.15. The van der Waals surface area contributed by atoms with Gasteiger partial charge in [0.05, 0.1) is 0 Å². The number of hydrogen-bond donors (Lipinski definition) is 0. The minimum atomic E-state index is 0.916. The Morgan fingerprint density at radius 3 is 2.12 bits per heavy atom. The van der Waals surface area contributed by atoms with Gasteiger partial charge in [0.15, 0.2) is 0 Å². The van der Waals surface area contributed by atoms with Crippen LogP contribution in [0.1, 0.15) is 57.8 Å². The van der Waals surface area contributed by atoms with E-state index in [-0.39, 0.29) is 0 Å². The van der Waals surface area contributed by atoms with Gasteiger partial charge in [-0.05, 0) is 31.6 Å². The summed E-state index contributed by atoms with van der Waals surface area (Å²) >= 11 is 3.62. The smallest absolute Gasteiger partial charge is 0.0159 e. The molecule has 2 rings (SSSR count). The van der Waals surface area contributed by atoms with Crippen molar-refractivity contribution in [2.75, 3.05) is 18.4 Å². The molecular weight excluding hydrogens is 262 g/mol. The van der Waals surface area contributed by atoms with E-state index in [0.717, 1.165) is 17.3 Å². The molecule has 0 aromatic heterocycles. The second-order valence-corrected chi connectivity index (χ2v) is 6.42. The van der Waals surface area contributed by atoms with Gasteiger partial charge in [0.1, 0.15) is 0 Å². The Hall–Kier alpha value is 0.440. The number of rotatable bonds is 5. The summed E-state index contributed by atoms with van der Waals surface area (Å²) in [6.07, 6.45) is 13.3. The zero-order chi connectivity index (χ0) is 11.2. The molecule has 0 amide bonds. The van der Waals surface area contributed by atoms with Gasteiger partial charge in [-0.3, -0.25) is 4.90 Å². The predicted molar refractivity (Wildman–Crippen MR) is 74.2 cm³/mol. The number of nitrogens with zero attached hydrogens (tertiary/aromatic N) is 1. The minimum absolute atomic E-state index is 0.916. The molecule has 2 aliphatic carbocycles. The third-order valence-corrected chi connectivity index (χ3v) is 4.78. The Bertz CT molecular complexity index is 183. The Balaban J connectivity index is 1.80. The fourth-order valence-corrected chi connectivity index (χ4v) is 3.96. The first kappa shape index (κ1) is 12.9. The fraction of sp³-hybridized carbons (Fsp3) is 1.00. The van der Waals surface area contributed by atoms with E-state index in [1.807, 2.05) is 0 Å². The van der Waals surface area contributed by atoms with Crippen LogP contribution < -0.4 is 0 Å². The Morgan fingerprint density at radius 2 is 1.50 bits per heavy atom. The lowest BCUT2D eigenvalue weighted by atomic mass is 9.88. The van der Waals surface area contributed by atoms with E-state index < -0.39 is 0 Å². The zero-order valence-corrected chi connectivity index (χ0v) is 12.1. The highest BCUT2D eigenvalue weighted by atomic mass is 79.9. The molecule has 0 radical (unpaired) electrons. The van der Waals surface area contributed by atoms with E-state index in [0.29, 0.717) is 0 Å². The van der Waals surface area contributed by atoms with Crippen molar-refractivity contribution in [2.24, 2.45) is 5.92 Å². The van der Waals surface area contributed by atoms with Crippen LogP contribution in [-0.2, 0) is 0 Å². The Kier molecular flexibility index (Phi) is 5.64. The second kappa shape index (κ2) is 7.00. The largest absolute Gasteiger partial charge is 0.299 e. The summed E-state index contributed by atoms with van der Waals surface area (Å²) in [6, 6.07) is 0.916. The van der Waals surface area contributed by atoms with Crippen LogP contribution in [0.4, 0.5) is 0 Å². The van der Waals surface area contributed by atoms with E-state index in [2.05, 4.69) is 20.8 Å². The maximum Gasteiger partial charge on any atom is 0.0159 e. The number of hydrogen-bond acceptors (Lipinski definition) is 1. The van der Waals surface area contributed by atoms with Crippen molar-refractivity contribution < 1.29 is 0 Å². The second-order valence-electron chi connectivity index (χ2n) is 5.63. The van der Waals surface area contributed by atoms with Gasteiger partial charge in [-0.15, -0.1) is 0 Å². The van der Waals surface area contributed by atoms with Crippen LogP contribution in [0.25, 0.3) is 0 Å². The molecule has 0 saturated heterocycles. The maximum absolute atomic E-state index is 3.62. The summed E-state index contributed by atoms with van der Waals surface area (Å²) in [5.74, 6) is 1.01. The van der Waals surface area contributed by atoms with Crippen molar-refractivity contribution in [3.05, 3.63) is 0 Å². The lowest BCUT2D eigenvalue weighted by molar-refractivity contribution is 0.159. The Morgan fingerprint density at radius 1 is 0.875 bits per heavy atom. The molecule has 94 valence electrons. The minimum Gasteiger partial charge on any atom is -0.299 e. The molecule has 16 heavy (non-hydrogen) atoms. The van der Waals surface area contributed by atoms with Gasteiger partial charge in [-0.1, -0.05) is 48.0 Å². The van der Waals surface area contributed by atoms with Crippen LogP contribution in [0.3, 0.4) is 0 Å². The number of alkyl halides is 1. The van der Waals surface area contributed by atoms with Crippen molar-refractivity contribution in [3.63, 3.8) is 0 Å². The highest BCUT2D eigenvalue weighted by Gasteiger charge is 2.25. The Labute approximate surface area is 109 Å². The van der Waals surface area contributed by atoms with E-state index in [1.165, 1.54) is 70.9 Å². The molecule has 0 aromatic rings. The molecule has 0 heterocycles. The van der Waals surface area contributed by atoms with Crippen LogP contribution >= 0.6 is 15.9 Å². The van der Waals surface area contributed by atoms with Crippen molar-refractivity contribution in [1.29, 1.82) is 0 Å². The first-order chi connectivity index (χ1) is 7.90. The highest BCUT2D eigenvalue weighted by Crippen LogP contribution is 2.28. The van der Waals surface area contributed by atoms with E-state index in [4.69, 9.17) is 0 Å². The zero-order valence-electron chi connectivity index (χ0n) is 10.5. The topological polar surface area (TPSA) is 3.24 Å². The summed E-state index contributed by atoms with van der Waals surface area (Å²) in [7, 11) is 0. The van der Waals surface area contributed by atoms with Crippen LogP contribution in [0, 0.1) is 5.92 Å². The summed E-state index contributed by atoms with van der Waals surface area (Å²) in [6.45, 7) is 2.65. The fourth-order valence-electron chi connectivity index (χ4n) is 3.50. The molecule has 0 bridgehead atoms. The van der Waals surface area contributed by atoms with Gasteiger partial charge in [0, 0.05) is 24.5 Å². The quantitative estimate of drug-likeness (QED) is 0.685. The molecule has 0 aliphatic heterocycles. The number of halogens is 1. The SMILES string of the molecule is BrCCN(CC1CCCCC1)C1CCCC1. The molecular formula is C14H26BrN. The highest BCUT2D eigenvalue weighted by molar-refractivity contribution is 9.09. The van der Waals surface area contributed by atoms with Gasteiger partial charge >= 0.3 is 0 Å². The molecule has 2 saturated carbocycles. The molecule has 0 spiro atoms. The molecule has 2 aliphatic rings. The average Bonchev–Trinajstić information content (AvgIpc) is 2.83. The summed E-state index contributed by atoms with van der Waals surface area (Å²) in [5.41, 5.74) is 0. The van der Waals surface area contributed by atoms with Crippen LogP contribution in [-0.4, -0.2) is 29.4 Å². The normalized spacial score (nSPS) is 24.4. The van der Waals surface area contributed by atoms with E-state index in [9.17, 15) is 0 Å². The molecule has 2 fully saturated rings. The van der Waals surface area contributed by atoms with E-state index in [1.54, 1.807) is 0 Å². The third-order valence-electron chi connectivity index (χ3n) is 4.43. The molecule has 0 aromatic carbocycles. The van der Waals surface area contributed by atoms with Crippen molar-refractivity contribution >= 4 is 15.9 Å². The summed E-state index contributed by atoms with van der Waals surface area (Å²) < 4.78 is 0. The first-order valence-corrected chi connectivity index (χ1v) is 8.32. The first-order valence-electron chi connectivity index (χ1n) is 7.20. The van der Waals surface area contributed by atoms with Gasteiger partial charge in [-0.2, -0.15) is 0 Å². The maximum atomic E-state index is 3.62. The lowest BCUT2D eigenvalue weighted by Crippen LogP contribution is -2.39. The van der Waals surface area contributed by atoms with Crippen molar-refractivity contribution in [3.8, 4) is 0 Å². The van der Waals surface area contributed by atoms with Crippen LogP contribution in [0.15, 0.2) is 0 Å². The van der Waals surface area contributed by atoms with Gasteiger partial charge in [-0.25, -0.2) is 0 Å². The van der Waals surface area contributed by atoms with Gasteiger partial charge in [0.2, 0.25) is 0 Å². The molecule has 0 unspecified atom stereocenters. The molecule has 0 N–H and O–H groups in total. The van der Waals surface area contributed by atoms with Crippen LogP contribution in [0.5, 0.6) is 0 Å².